The molecule has 2 aromatic rings. The van der Waals surface area contributed by atoms with Crippen molar-refractivity contribution in [1.29, 1.82) is 0 Å². The first kappa shape index (κ1) is 20.2. The number of carbonyl (C=O) groups excluding carboxylic acids is 1. The second kappa shape index (κ2) is 8.20. The quantitative estimate of drug-likeness (QED) is 0.789. The van der Waals surface area contributed by atoms with Crippen LogP contribution in [0.1, 0.15) is 65.5 Å². The number of nitrogens with zero attached hydrogens (tertiary/aromatic N) is 3. The molecule has 2 aromatic heterocycles. The van der Waals surface area contributed by atoms with E-state index in [-0.39, 0.29) is 29.7 Å². The fourth-order valence-corrected chi connectivity index (χ4v) is 3.50. The third-order valence-electron chi connectivity index (χ3n) is 4.77. The van der Waals surface area contributed by atoms with E-state index in [4.69, 9.17) is 9.84 Å². The Morgan fingerprint density at radius 3 is 2.71 bits per heavy atom. The number of hydrogen-bond donors (Lipinski definition) is 2. The maximum atomic E-state index is 11.9. The van der Waals surface area contributed by atoms with Crippen molar-refractivity contribution in [3.63, 3.8) is 0 Å². The largest absolute Gasteiger partial charge is 0.446 e. The summed E-state index contributed by atoms with van der Waals surface area (Å²) in [6.45, 7) is 10.2. The van der Waals surface area contributed by atoms with Crippen LogP contribution in [0.15, 0.2) is 30.5 Å². The van der Waals surface area contributed by atoms with Crippen LogP contribution in [0.3, 0.4) is 0 Å². The van der Waals surface area contributed by atoms with Gasteiger partial charge in [0.25, 0.3) is 0 Å². The minimum Gasteiger partial charge on any atom is -0.446 e. The number of aromatic nitrogens is 3. The van der Waals surface area contributed by atoms with Gasteiger partial charge in [-0.2, -0.15) is 5.10 Å². The summed E-state index contributed by atoms with van der Waals surface area (Å²) in [5, 5.41) is 11.1. The van der Waals surface area contributed by atoms with Crippen LogP contribution in [-0.2, 0) is 10.3 Å². The van der Waals surface area contributed by atoms with Gasteiger partial charge in [0.2, 0.25) is 0 Å². The van der Waals surface area contributed by atoms with Gasteiger partial charge in [-0.25, -0.2) is 14.5 Å². The van der Waals surface area contributed by atoms with E-state index in [1.54, 1.807) is 6.20 Å². The molecule has 1 saturated carbocycles. The predicted octanol–water partition coefficient (Wildman–Crippen LogP) is 4.55. The number of alkyl carbamates (subject to hydrolysis) is 1. The molecule has 3 rings (SSSR count). The van der Waals surface area contributed by atoms with Gasteiger partial charge in [-0.15, -0.1) is 0 Å². The van der Waals surface area contributed by atoms with Crippen LogP contribution in [0.25, 0.3) is 0 Å². The van der Waals surface area contributed by atoms with Crippen molar-refractivity contribution in [3.8, 4) is 0 Å². The Kier molecular flexibility index (Phi) is 5.91. The third-order valence-corrected chi connectivity index (χ3v) is 4.77. The van der Waals surface area contributed by atoms with Crippen LogP contribution in [-0.4, -0.2) is 33.0 Å². The second-order valence-electron chi connectivity index (χ2n) is 8.71. The van der Waals surface area contributed by atoms with E-state index in [0.717, 1.165) is 36.6 Å². The van der Waals surface area contributed by atoms with Crippen molar-refractivity contribution in [1.82, 2.24) is 20.1 Å². The maximum Gasteiger partial charge on any atom is 0.407 e. The highest BCUT2D eigenvalue weighted by atomic mass is 16.6. The van der Waals surface area contributed by atoms with Gasteiger partial charge in [-0.05, 0) is 66.0 Å². The number of ether oxygens (including phenoxy) is 1. The van der Waals surface area contributed by atoms with E-state index in [9.17, 15) is 4.79 Å². The number of anilines is 2. The lowest BCUT2D eigenvalue weighted by atomic mass is 10.0. The van der Waals surface area contributed by atoms with Crippen molar-refractivity contribution in [3.05, 3.63) is 36.2 Å². The van der Waals surface area contributed by atoms with Gasteiger partial charge >= 0.3 is 6.09 Å². The van der Waals surface area contributed by atoms with E-state index in [2.05, 4.69) is 42.5 Å². The molecule has 28 heavy (non-hydrogen) atoms. The molecule has 1 amide bonds. The van der Waals surface area contributed by atoms with E-state index in [1.807, 2.05) is 36.7 Å². The second-order valence-corrected chi connectivity index (χ2v) is 8.71. The molecule has 2 heterocycles. The molecule has 0 saturated heterocycles. The Morgan fingerprint density at radius 2 is 2.07 bits per heavy atom. The Hall–Kier alpha value is -2.57. The summed E-state index contributed by atoms with van der Waals surface area (Å²) >= 11 is 0. The molecule has 7 heteroatoms. The van der Waals surface area contributed by atoms with Crippen LogP contribution in [0.5, 0.6) is 0 Å². The van der Waals surface area contributed by atoms with Crippen molar-refractivity contribution < 1.29 is 9.53 Å². The summed E-state index contributed by atoms with van der Waals surface area (Å²) < 4.78 is 7.57. The Labute approximate surface area is 166 Å². The van der Waals surface area contributed by atoms with Crippen LogP contribution < -0.4 is 10.6 Å². The monoisotopic (exact) mass is 385 g/mol. The van der Waals surface area contributed by atoms with Gasteiger partial charge in [0, 0.05) is 24.2 Å². The van der Waals surface area contributed by atoms with Crippen molar-refractivity contribution in [2.45, 2.75) is 77.5 Å². The number of nitrogens with one attached hydrogen (secondary N) is 2. The fourth-order valence-electron chi connectivity index (χ4n) is 3.50. The maximum absolute atomic E-state index is 11.9. The minimum atomic E-state index is -0.335. The topological polar surface area (TPSA) is 81.1 Å². The summed E-state index contributed by atoms with van der Waals surface area (Å²) in [5.41, 5.74) is 0.866. The first-order valence-electron chi connectivity index (χ1n) is 9.98. The lowest BCUT2D eigenvalue weighted by molar-refractivity contribution is 0.0981. The first-order chi connectivity index (χ1) is 13.2. The van der Waals surface area contributed by atoms with Gasteiger partial charge in [-0.3, -0.25) is 0 Å². The highest BCUT2D eigenvalue weighted by Crippen LogP contribution is 2.37. The summed E-state index contributed by atoms with van der Waals surface area (Å²) in [7, 11) is 0. The zero-order valence-electron chi connectivity index (χ0n) is 17.4. The molecule has 1 aliphatic carbocycles. The van der Waals surface area contributed by atoms with E-state index in [0.29, 0.717) is 0 Å². The molecule has 0 spiro atoms. The lowest BCUT2D eigenvalue weighted by Crippen LogP contribution is -2.33. The number of amides is 1. The summed E-state index contributed by atoms with van der Waals surface area (Å²) in [6, 6.07) is 7.96. The van der Waals surface area contributed by atoms with E-state index < -0.39 is 0 Å². The van der Waals surface area contributed by atoms with E-state index in [1.165, 1.54) is 0 Å². The molecule has 1 aliphatic rings. The van der Waals surface area contributed by atoms with Crippen LogP contribution in [0.4, 0.5) is 16.4 Å². The standard InChI is InChI=1S/C21H31N5O2/c1-14(2)23-20(27)28-16-10-9-15(12-16)17-13-19(26(25-17)21(3,4)5)24-18-8-6-7-11-22-18/h6-8,11,13-16H,9-10,12H2,1-5H3,(H,22,24)(H,23,27)/t15-,16+/m0/s1. The average Bonchev–Trinajstić information content (AvgIpc) is 3.21. The number of pyridine rings is 1. The molecule has 0 radical (unpaired) electrons. The highest BCUT2D eigenvalue weighted by molar-refractivity contribution is 5.67. The zero-order valence-corrected chi connectivity index (χ0v) is 17.4. The summed E-state index contributed by atoms with van der Waals surface area (Å²) in [5.74, 6) is 1.99. The molecule has 0 bridgehead atoms. The third kappa shape index (κ3) is 5.03. The smallest absolute Gasteiger partial charge is 0.407 e. The number of carbonyl (C=O) groups is 1. The number of rotatable bonds is 5. The predicted molar refractivity (Wildman–Crippen MR) is 110 cm³/mol. The fraction of sp³-hybridized carbons (Fsp3) is 0.571. The van der Waals surface area contributed by atoms with Crippen molar-refractivity contribution >= 4 is 17.7 Å². The zero-order chi connectivity index (χ0) is 20.3. The van der Waals surface area contributed by atoms with Gasteiger partial charge < -0.3 is 15.4 Å². The summed E-state index contributed by atoms with van der Waals surface area (Å²) in [6.07, 6.45) is 4.00. The van der Waals surface area contributed by atoms with Crippen LogP contribution >= 0.6 is 0 Å². The molecular weight excluding hydrogens is 354 g/mol. The Balaban J connectivity index is 1.73. The molecule has 7 nitrogen and oxygen atoms in total. The lowest BCUT2D eigenvalue weighted by Gasteiger charge is -2.22. The molecule has 2 atom stereocenters. The molecule has 0 unspecified atom stereocenters. The normalized spacial score (nSPS) is 19.6. The molecule has 2 N–H and O–H groups in total. The molecular formula is C21H31N5O2. The van der Waals surface area contributed by atoms with Crippen LogP contribution in [0, 0.1) is 0 Å². The first-order valence-corrected chi connectivity index (χ1v) is 9.98. The molecule has 152 valence electrons. The van der Waals surface area contributed by atoms with E-state index >= 15 is 0 Å². The minimum absolute atomic E-state index is 0.0595. The Bertz CT molecular complexity index is 795. The van der Waals surface area contributed by atoms with Gasteiger partial charge in [0.1, 0.15) is 17.7 Å². The van der Waals surface area contributed by atoms with Gasteiger partial charge in [-0.1, -0.05) is 6.07 Å². The average molecular weight is 386 g/mol. The SMILES string of the molecule is CC(C)NC(=O)O[C@@H]1CC[C@H](c2cc(Nc3ccccn3)n(C(C)(C)C)n2)C1. The number of hydrogen-bond acceptors (Lipinski definition) is 5. The molecule has 0 aliphatic heterocycles. The van der Waals surface area contributed by atoms with Crippen molar-refractivity contribution in [2.75, 3.05) is 5.32 Å². The molecule has 1 fully saturated rings. The van der Waals surface area contributed by atoms with Crippen LogP contribution in [0.2, 0.25) is 0 Å². The van der Waals surface area contributed by atoms with Crippen molar-refractivity contribution in [2.24, 2.45) is 0 Å². The Morgan fingerprint density at radius 1 is 1.29 bits per heavy atom. The highest BCUT2D eigenvalue weighted by Gasteiger charge is 2.32. The van der Waals surface area contributed by atoms with Gasteiger partial charge in [0.05, 0.1) is 11.2 Å². The molecule has 0 aromatic carbocycles. The summed E-state index contributed by atoms with van der Waals surface area (Å²) in [4.78, 5) is 16.2. The van der Waals surface area contributed by atoms with Gasteiger partial charge in [0.15, 0.2) is 0 Å².